The molecule has 0 bridgehead atoms. The Hall–Kier alpha value is -2.59. The van der Waals surface area contributed by atoms with Gasteiger partial charge in [0.2, 0.25) is 0 Å². The van der Waals surface area contributed by atoms with Crippen LogP contribution in [0.15, 0.2) is 84.9 Å². The Bertz CT molecular complexity index is 1150. The van der Waals surface area contributed by atoms with Gasteiger partial charge >= 0.3 is 0 Å². The van der Waals surface area contributed by atoms with E-state index in [2.05, 4.69) is 101 Å². The van der Waals surface area contributed by atoms with Crippen LogP contribution in [0.2, 0.25) is 5.28 Å². The first-order valence-electron chi connectivity index (χ1n) is 10.5. The second-order valence-corrected chi connectivity index (χ2v) is 8.67. The minimum Gasteiger partial charge on any atom is -0.107 e. The predicted octanol–water partition coefficient (Wildman–Crippen LogP) is 6.55. The second kappa shape index (κ2) is 6.74. The summed E-state index contributed by atoms with van der Waals surface area (Å²) in [7, 11) is 0. The largest absolute Gasteiger partial charge is 0.119 e. The van der Waals surface area contributed by atoms with Gasteiger partial charge in [0.15, 0.2) is 0 Å². The first kappa shape index (κ1) is 17.3. The SMILES string of the molecule is [Al][CH2]C(c1cccc2c1Cc1ccccc1-2)c1cccc2c1Cc1ccccc1-2. The zero-order valence-electron chi connectivity index (χ0n) is 16.4. The molecular formula is C28H21Al. The Balaban J connectivity index is 1.50. The fourth-order valence-corrected chi connectivity index (χ4v) is 5.95. The van der Waals surface area contributed by atoms with Crippen molar-refractivity contribution in [1.82, 2.24) is 0 Å². The molecule has 4 aromatic carbocycles. The smallest absolute Gasteiger partial charge is 0.107 e. The minimum atomic E-state index is 0.411. The summed E-state index contributed by atoms with van der Waals surface area (Å²) in [6, 6.07) is 31.6. The van der Waals surface area contributed by atoms with E-state index in [1.54, 1.807) is 0 Å². The molecule has 0 aliphatic heterocycles. The van der Waals surface area contributed by atoms with Crippen LogP contribution >= 0.6 is 0 Å². The maximum atomic E-state index is 3.02. The lowest BCUT2D eigenvalue weighted by Gasteiger charge is -2.23. The predicted molar refractivity (Wildman–Crippen MR) is 122 cm³/mol. The normalized spacial score (nSPS) is 13.1. The molecule has 0 amide bonds. The lowest BCUT2D eigenvalue weighted by molar-refractivity contribution is 0.886. The van der Waals surface area contributed by atoms with Crippen LogP contribution in [0.1, 0.15) is 39.3 Å². The lowest BCUT2D eigenvalue weighted by Crippen LogP contribution is -2.07. The van der Waals surface area contributed by atoms with Crippen molar-refractivity contribution in [1.29, 1.82) is 0 Å². The summed E-state index contributed by atoms with van der Waals surface area (Å²) in [4.78, 5) is 0. The molecule has 0 aromatic heterocycles. The highest BCUT2D eigenvalue weighted by atomic mass is 27.0. The van der Waals surface area contributed by atoms with Gasteiger partial charge in [-0.15, -0.1) is 5.28 Å². The number of benzene rings is 4. The lowest BCUT2D eigenvalue weighted by atomic mass is 9.84. The van der Waals surface area contributed by atoms with Crippen LogP contribution < -0.4 is 0 Å². The molecule has 0 heterocycles. The van der Waals surface area contributed by atoms with Gasteiger partial charge < -0.3 is 0 Å². The summed E-state index contributed by atoms with van der Waals surface area (Å²) in [5.41, 5.74) is 14.6. The van der Waals surface area contributed by atoms with Crippen molar-refractivity contribution in [2.45, 2.75) is 24.0 Å². The highest BCUT2D eigenvalue weighted by Crippen LogP contribution is 2.46. The maximum absolute atomic E-state index is 3.02. The first-order valence-corrected chi connectivity index (χ1v) is 11.3. The molecule has 2 aliphatic rings. The van der Waals surface area contributed by atoms with Gasteiger partial charge in [-0.1, -0.05) is 84.9 Å². The average molecular weight is 384 g/mol. The maximum Gasteiger partial charge on any atom is 0.119 e. The van der Waals surface area contributed by atoms with Gasteiger partial charge in [-0.25, -0.2) is 0 Å². The molecular weight excluding hydrogens is 363 g/mol. The van der Waals surface area contributed by atoms with E-state index in [1.807, 2.05) is 0 Å². The Morgan fingerprint density at radius 1 is 0.552 bits per heavy atom. The highest BCUT2D eigenvalue weighted by molar-refractivity contribution is 6.09. The fraction of sp³-hybridized carbons (Fsp3) is 0.143. The molecule has 1 heteroatoms. The van der Waals surface area contributed by atoms with Crippen molar-refractivity contribution in [3.05, 3.63) is 118 Å². The molecule has 6 rings (SSSR count). The molecule has 0 unspecified atom stereocenters. The first-order chi connectivity index (χ1) is 14.3. The van der Waals surface area contributed by atoms with Gasteiger partial charge in [0.1, 0.15) is 16.3 Å². The monoisotopic (exact) mass is 384 g/mol. The van der Waals surface area contributed by atoms with Crippen molar-refractivity contribution in [3.63, 3.8) is 0 Å². The molecule has 0 saturated heterocycles. The molecule has 4 aromatic rings. The van der Waals surface area contributed by atoms with Crippen LogP contribution in [0, 0.1) is 0 Å². The van der Waals surface area contributed by atoms with Gasteiger partial charge in [0.25, 0.3) is 0 Å². The van der Waals surface area contributed by atoms with Gasteiger partial charge in [-0.2, -0.15) is 0 Å². The zero-order chi connectivity index (χ0) is 19.4. The summed E-state index contributed by atoms with van der Waals surface area (Å²) in [6.45, 7) is 0. The summed E-state index contributed by atoms with van der Waals surface area (Å²) >= 11 is 3.02. The standard InChI is InChI=1S/C28H21.Al/c1-18(21-12-6-14-25-23-10-4-2-8-19(23)16-27(21)25)22-13-7-15-26-24-11-5-3-9-20(24)17-28(22)26;/h2-15,18H,1,16-17H2;. The number of rotatable bonds is 3. The van der Waals surface area contributed by atoms with E-state index < -0.39 is 0 Å². The number of hydrogen-bond acceptors (Lipinski definition) is 0. The third-order valence-electron chi connectivity index (χ3n) is 6.76. The molecule has 2 radical (unpaired) electrons. The molecule has 2 aliphatic carbocycles. The van der Waals surface area contributed by atoms with Crippen molar-refractivity contribution in [3.8, 4) is 22.3 Å². The quantitative estimate of drug-likeness (QED) is 0.304. The molecule has 0 nitrogen and oxygen atoms in total. The van der Waals surface area contributed by atoms with Crippen LogP contribution in [0.5, 0.6) is 0 Å². The molecule has 0 N–H and O–H groups in total. The van der Waals surface area contributed by atoms with Crippen LogP contribution in [-0.2, 0) is 12.8 Å². The number of fused-ring (bicyclic) bond motifs is 6. The Morgan fingerprint density at radius 3 is 1.48 bits per heavy atom. The van der Waals surface area contributed by atoms with E-state index in [0.717, 1.165) is 18.1 Å². The van der Waals surface area contributed by atoms with E-state index in [1.165, 1.54) is 55.6 Å². The van der Waals surface area contributed by atoms with Crippen molar-refractivity contribution >= 4 is 16.3 Å². The Morgan fingerprint density at radius 2 is 1.00 bits per heavy atom. The molecule has 0 saturated carbocycles. The summed E-state index contributed by atoms with van der Waals surface area (Å²) in [6.07, 6.45) is 2.11. The van der Waals surface area contributed by atoms with Crippen LogP contribution in [0.4, 0.5) is 0 Å². The third kappa shape index (κ3) is 2.58. The zero-order valence-corrected chi connectivity index (χ0v) is 17.5. The Labute approximate surface area is 180 Å². The highest BCUT2D eigenvalue weighted by Gasteiger charge is 2.28. The van der Waals surface area contributed by atoms with Gasteiger partial charge in [0, 0.05) is 0 Å². The topological polar surface area (TPSA) is 0 Å². The van der Waals surface area contributed by atoms with Crippen LogP contribution in [0.3, 0.4) is 0 Å². The molecule has 0 fully saturated rings. The van der Waals surface area contributed by atoms with Gasteiger partial charge in [-0.05, 0) is 74.4 Å². The molecule has 136 valence electrons. The molecule has 0 spiro atoms. The molecule has 0 atom stereocenters. The van der Waals surface area contributed by atoms with E-state index in [-0.39, 0.29) is 0 Å². The van der Waals surface area contributed by atoms with E-state index in [0.29, 0.717) is 5.92 Å². The van der Waals surface area contributed by atoms with Gasteiger partial charge in [0.05, 0.1) is 0 Å². The van der Waals surface area contributed by atoms with E-state index >= 15 is 0 Å². The van der Waals surface area contributed by atoms with Crippen molar-refractivity contribution in [2.75, 3.05) is 0 Å². The van der Waals surface area contributed by atoms with Crippen LogP contribution in [0.25, 0.3) is 22.3 Å². The minimum absolute atomic E-state index is 0.411. The summed E-state index contributed by atoms with van der Waals surface area (Å²) in [5.74, 6) is 0.411. The third-order valence-corrected chi connectivity index (χ3v) is 7.23. The summed E-state index contributed by atoms with van der Waals surface area (Å²) in [5, 5.41) is 1.04. The van der Waals surface area contributed by atoms with Crippen LogP contribution in [-0.4, -0.2) is 16.3 Å². The fourth-order valence-electron chi connectivity index (χ4n) is 5.44. The van der Waals surface area contributed by atoms with Crippen molar-refractivity contribution in [2.24, 2.45) is 0 Å². The Kier molecular flexibility index (Phi) is 4.02. The molecule has 29 heavy (non-hydrogen) atoms. The van der Waals surface area contributed by atoms with Crippen molar-refractivity contribution < 1.29 is 0 Å². The van der Waals surface area contributed by atoms with Gasteiger partial charge in [-0.3, -0.25) is 0 Å². The summed E-state index contributed by atoms with van der Waals surface area (Å²) < 4.78 is 0. The average Bonchev–Trinajstić information content (AvgIpc) is 3.34. The van der Waals surface area contributed by atoms with E-state index in [9.17, 15) is 0 Å². The van der Waals surface area contributed by atoms with E-state index in [4.69, 9.17) is 0 Å². The number of hydrogen-bond donors (Lipinski definition) is 0. The second-order valence-electron chi connectivity index (χ2n) is 8.20.